The van der Waals surface area contributed by atoms with E-state index in [4.69, 9.17) is 0 Å². The lowest BCUT2D eigenvalue weighted by atomic mass is 10.1. The van der Waals surface area contributed by atoms with E-state index in [2.05, 4.69) is 17.4 Å². The fourth-order valence-corrected chi connectivity index (χ4v) is 1.98. The predicted molar refractivity (Wildman–Crippen MR) is 76.0 cm³/mol. The summed E-state index contributed by atoms with van der Waals surface area (Å²) < 4.78 is 0. The Morgan fingerprint density at radius 1 is 0.895 bits per heavy atom. The molecule has 1 atom stereocenters. The molecular formula is C16H19NO2. The summed E-state index contributed by atoms with van der Waals surface area (Å²) in [6.07, 6.45) is 0.801. The number of rotatable bonds is 6. The summed E-state index contributed by atoms with van der Waals surface area (Å²) in [5, 5.41) is 21.9. The van der Waals surface area contributed by atoms with Crippen molar-refractivity contribution in [2.45, 2.75) is 19.0 Å². The van der Waals surface area contributed by atoms with E-state index < -0.39 is 0 Å². The van der Waals surface area contributed by atoms with Crippen LogP contribution in [0.4, 0.5) is 0 Å². The number of phenolic OH excluding ortho intramolecular Hbond substituents is 1. The Labute approximate surface area is 113 Å². The van der Waals surface area contributed by atoms with Gasteiger partial charge in [0.15, 0.2) is 0 Å². The van der Waals surface area contributed by atoms with Crippen LogP contribution >= 0.6 is 0 Å². The van der Waals surface area contributed by atoms with Gasteiger partial charge in [0.1, 0.15) is 5.75 Å². The SMILES string of the molecule is OC[C@H](Cc1ccccc1)NCc1ccc(O)cc1. The molecule has 0 heterocycles. The lowest BCUT2D eigenvalue weighted by molar-refractivity contribution is 0.241. The van der Waals surface area contributed by atoms with Crippen molar-refractivity contribution in [2.24, 2.45) is 0 Å². The molecule has 2 rings (SSSR count). The number of hydrogen-bond donors (Lipinski definition) is 3. The van der Waals surface area contributed by atoms with Crippen LogP contribution in [-0.2, 0) is 13.0 Å². The van der Waals surface area contributed by atoms with E-state index in [-0.39, 0.29) is 18.4 Å². The normalized spacial score (nSPS) is 12.3. The first-order chi connectivity index (χ1) is 9.28. The minimum atomic E-state index is 0.0382. The van der Waals surface area contributed by atoms with Gasteiger partial charge >= 0.3 is 0 Å². The molecule has 100 valence electrons. The summed E-state index contributed by atoms with van der Waals surface area (Å²) in [6.45, 7) is 0.783. The molecule has 19 heavy (non-hydrogen) atoms. The third-order valence-corrected chi connectivity index (χ3v) is 3.08. The van der Waals surface area contributed by atoms with Crippen LogP contribution in [0.15, 0.2) is 54.6 Å². The average molecular weight is 257 g/mol. The molecule has 0 saturated heterocycles. The molecule has 3 nitrogen and oxygen atoms in total. The van der Waals surface area contributed by atoms with Crippen molar-refractivity contribution < 1.29 is 10.2 Å². The fraction of sp³-hybridized carbons (Fsp3) is 0.250. The molecule has 2 aromatic carbocycles. The summed E-state index contributed by atoms with van der Waals surface area (Å²) in [4.78, 5) is 0. The van der Waals surface area contributed by atoms with Gasteiger partial charge in [-0.25, -0.2) is 0 Å². The fourth-order valence-electron chi connectivity index (χ4n) is 1.98. The standard InChI is InChI=1S/C16H19NO2/c18-12-15(10-13-4-2-1-3-5-13)17-11-14-6-8-16(19)9-7-14/h1-9,15,17-19H,10-12H2/t15-/m0/s1. The highest BCUT2D eigenvalue weighted by Gasteiger charge is 2.07. The van der Waals surface area contributed by atoms with Gasteiger partial charge in [0, 0.05) is 12.6 Å². The monoisotopic (exact) mass is 257 g/mol. The molecule has 2 aromatic rings. The molecule has 0 aliphatic heterocycles. The quantitative estimate of drug-likeness (QED) is 0.742. The van der Waals surface area contributed by atoms with E-state index in [9.17, 15) is 10.2 Å². The summed E-state index contributed by atoms with van der Waals surface area (Å²) in [7, 11) is 0. The van der Waals surface area contributed by atoms with E-state index in [1.165, 1.54) is 5.56 Å². The Kier molecular flexibility index (Phi) is 4.95. The molecular weight excluding hydrogens is 238 g/mol. The van der Waals surface area contributed by atoms with Crippen molar-refractivity contribution in [1.29, 1.82) is 0 Å². The van der Waals surface area contributed by atoms with Crippen LogP contribution in [-0.4, -0.2) is 22.9 Å². The second-order valence-electron chi connectivity index (χ2n) is 4.62. The highest BCUT2D eigenvalue weighted by molar-refractivity contribution is 5.25. The molecule has 3 heteroatoms. The number of phenols is 1. The molecule has 0 fully saturated rings. The Morgan fingerprint density at radius 3 is 2.21 bits per heavy atom. The molecule has 0 unspecified atom stereocenters. The molecule has 0 aromatic heterocycles. The van der Waals surface area contributed by atoms with Crippen LogP contribution in [0.5, 0.6) is 5.75 Å². The van der Waals surface area contributed by atoms with Gasteiger partial charge in [-0.05, 0) is 29.7 Å². The maximum Gasteiger partial charge on any atom is 0.115 e. The largest absolute Gasteiger partial charge is 0.508 e. The lowest BCUT2D eigenvalue weighted by Gasteiger charge is -2.16. The van der Waals surface area contributed by atoms with Gasteiger partial charge in [-0.15, -0.1) is 0 Å². The zero-order valence-corrected chi connectivity index (χ0v) is 10.8. The Bertz CT molecular complexity index is 482. The number of aromatic hydroxyl groups is 1. The number of hydrogen-bond acceptors (Lipinski definition) is 3. The van der Waals surface area contributed by atoms with E-state index >= 15 is 0 Å². The van der Waals surface area contributed by atoms with Gasteiger partial charge < -0.3 is 15.5 Å². The summed E-state index contributed by atoms with van der Waals surface area (Å²) in [5.74, 6) is 0.270. The molecule has 3 N–H and O–H groups in total. The first kappa shape index (κ1) is 13.6. The van der Waals surface area contributed by atoms with Crippen molar-refractivity contribution in [1.82, 2.24) is 5.32 Å². The van der Waals surface area contributed by atoms with Gasteiger partial charge in [-0.1, -0.05) is 42.5 Å². The summed E-state index contributed by atoms with van der Waals surface area (Å²) in [6, 6.07) is 17.2. The summed E-state index contributed by atoms with van der Waals surface area (Å²) >= 11 is 0. The first-order valence-corrected chi connectivity index (χ1v) is 6.44. The van der Waals surface area contributed by atoms with Gasteiger partial charge in [0.25, 0.3) is 0 Å². The first-order valence-electron chi connectivity index (χ1n) is 6.44. The van der Waals surface area contributed by atoms with Crippen molar-refractivity contribution in [3.05, 3.63) is 65.7 Å². The van der Waals surface area contributed by atoms with Crippen molar-refractivity contribution >= 4 is 0 Å². The molecule has 0 aliphatic carbocycles. The number of aliphatic hydroxyl groups excluding tert-OH is 1. The zero-order valence-electron chi connectivity index (χ0n) is 10.8. The van der Waals surface area contributed by atoms with Crippen LogP contribution in [0.1, 0.15) is 11.1 Å². The Balaban J connectivity index is 1.87. The van der Waals surface area contributed by atoms with E-state index in [1.807, 2.05) is 30.3 Å². The minimum Gasteiger partial charge on any atom is -0.508 e. The van der Waals surface area contributed by atoms with Crippen LogP contribution in [0, 0.1) is 0 Å². The minimum absolute atomic E-state index is 0.0382. The molecule has 0 bridgehead atoms. The third kappa shape index (κ3) is 4.39. The Morgan fingerprint density at radius 2 is 1.58 bits per heavy atom. The highest BCUT2D eigenvalue weighted by atomic mass is 16.3. The van der Waals surface area contributed by atoms with E-state index in [1.54, 1.807) is 12.1 Å². The Hall–Kier alpha value is -1.84. The van der Waals surface area contributed by atoms with Crippen molar-refractivity contribution in [2.75, 3.05) is 6.61 Å². The predicted octanol–water partition coefficient (Wildman–Crippen LogP) is 2.09. The third-order valence-electron chi connectivity index (χ3n) is 3.08. The van der Waals surface area contributed by atoms with Gasteiger partial charge in [-0.2, -0.15) is 0 Å². The molecule has 0 amide bonds. The number of nitrogens with one attached hydrogen (secondary N) is 1. The maximum atomic E-state index is 9.41. The number of benzene rings is 2. The van der Waals surface area contributed by atoms with E-state index in [0.29, 0.717) is 6.54 Å². The lowest BCUT2D eigenvalue weighted by Crippen LogP contribution is -2.33. The van der Waals surface area contributed by atoms with Crippen LogP contribution < -0.4 is 5.32 Å². The number of aliphatic hydroxyl groups is 1. The van der Waals surface area contributed by atoms with Gasteiger partial charge in [-0.3, -0.25) is 0 Å². The maximum absolute atomic E-state index is 9.41. The van der Waals surface area contributed by atoms with Gasteiger partial charge in [0.2, 0.25) is 0 Å². The van der Waals surface area contributed by atoms with E-state index in [0.717, 1.165) is 12.0 Å². The smallest absolute Gasteiger partial charge is 0.115 e. The molecule has 0 saturated carbocycles. The molecule has 0 aliphatic rings. The molecule has 0 spiro atoms. The average Bonchev–Trinajstić information content (AvgIpc) is 2.46. The van der Waals surface area contributed by atoms with Gasteiger partial charge in [0.05, 0.1) is 6.61 Å². The van der Waals surface area contributed by atoms with Crippen LogP contribution in [0.3, 0.4) is 0 Å². The highest BCUT2D eigenvalue weighted by Crippen LogP contribution is 2.10. The van der Waals surface area contributed by atoms with Crippen molar-refractivity contribution in [3.63, 3.8) is 0 Å². The molecule has 0 radical (unpaired) electrons. The second kappa shape index (κ2) is 6.92. The van der Waals surface area contributed by atoms with Crippen molar-refractivity contribution in [3.8, 4) is 5.75 Å². The van der Waals surface area contributed by atoms with Crippen LogP contribution in [0.2, 0.25) is 0 Å². The topological polar surface area (TPSA) is 52.5 Å². The second-order valence-corrected chi connectivity index (χ2v) is 4.62. The zero-order chi connectivity index (χ0) is 13.5. The summed E-state index contributed by atoms with van der Waals surface area (Å²) in [5.41, 5.74) is 2.30. The van der Waals surface area contributed by atoms with Crippen LogP contribution in [0.25, 0.3) is 0 Å².